The summed E-state index contributed by atoms with van der Waals surface area (Å²) < 4.78 is 0. The molecular formula is C24H34N6. The van der Waals surface area contributed by atoms with Crippen LogP contribution in [0.15, 0.2) is 53.7 Å². The Hall–Kier alpha value is -2.60. The van der Waals surface area contributed by atoms with Crippen molar-refractivity contribution in [3.05, 3.63) is 59.8 Å². The van der Waals surface area contributed by atoms with Gasteiger partial charge in [-0.15, -0.1) is 0 Å². The molecule has 1 aliphatic carbocycles. The minimum Gasteiger partial charge on any atom is -0.357 e. The number of rotatable bonds is 7. The maximum atomic E-state index is 4.79. The van der Waals surface area contributed by atoms with Gasteiger partial charge in [-0.2, -0.15) is 0 Å². The second-order valence-corrected chi connectivity index (χ2v) is 8.51. The Kier molecular flexibility index (Phi) is 6.53. The monoisotopic (exact) mass is 406 g/mol. The molecule has 0 amide bonds. The largest absolute Gasteiger partial charge is 0.357 e. The highest BCUT2D eigenvalue weighted by Crippen LogP contribution is 2.47. The number of nitrogens with one attached hydrogen (secondary N) is 2. The molecule has 0 spiro atoms. The number of guanidine groups is 1. The van der Waals surface area contributed by atoms with Crippen molar-refractivity contribution >= 4 is 11.8 Å². The summed E-state index contributed by atoms with van der Waals surface area (Å²) in [4.78, 5) is 14.2. The molecule has 2 N–H and O–H groups in total. The van der Waals surface area contributed by atoms with E-state index in [-0.39, 0.29) is 5.41 Å². The zero-order valence-electron chi connectivity index (χ0n) is 18.3. The lowest BCUT2D eigenvalue weighted by Crippen LogP contribution is -2.44. The molecule has 2 aliphatic rings. The van der Waals surface area contributed by atoms with Crippen molar-refractivity contribution in [2.75, 3.05) is 51.2 Å². The van der Waals surface area contributed by atoms with E-state index in [2.05, 4.69) is 81.9 Å². The first-order chi connectivity index (χ1) is 14.7. The Balaban J connectivity index is 1.34. The fourth-order valence-corrected chi connectivity index (χ4v) is 4.01. The first-order valence-electron chi connectivity index (χ1n) is 11.1. The first-order valence-corrected chi connectivity index (χ1v) is 11.1. The third-order valence-corrected chi connectivity index (χ3v) is 6.23. The Labute approximate surface area is 180 Å². The molecule has 1 saturated carbocycles. The van der Waals surface area contributed by atoms with Crippen LogP contribution in [0.25, 0.3) is 0 Å². The van der Waals surface area contributed by atoms with Gasteiger partial charge >= 0.3 is 0 Å². The molecule has 2 heterocycles. The van der Waals surface area contributed by atoms with Gasteiger partial charge in [0.2, 0.25) is 0 Å². The quantitative estimate of drug-likeness (QED) is 0.547. The fraction of sp³-hybridized carbons (Fsp3) is 0.500. The van der Waals surface area contributed by atoms with Gasteiger partial charge in [0.1, 0.15) is 5.82 Å². The summed E-state index contributed by atoms with van der Waals surface area (Å²) in [6.07, 6.45) is 4.44. The van der Waals surface area contributed by atoms with Crippen molar-refractivity contribution in [3.8, 4) is 0 Å². The fourth-order valence-electron chi connectivity index (χ4n) is 4.01. The predicted molar refractivity (Wildman–Crippen MR) is 124 cm³/mol. The van der Waals surface area contributed by atoms with E-state index in [0.29, 0.717) is 6.54 Å². The molecule has 0 unspecified atom stereocenters. The average molecular weight is 407 g/mol. The van der Waals surface area contributed by atoms with E-state index in [1.165, 1.54) is 18.4 Å². The zero-order chi connectivity index (χ0) is 20.8. The van der Waals surface area contributed by atoms with Crippen LogP contribution < -0.4 is 15.5 Å². The van der Waals surface area contributed by atoms with Gasteiger partial charge < -0.3 is 20.4 Å². The van der Waals surface area contributed by atoms with Crippen LogP contribution in [0.4, 0.5) is 5.82 Å². The summed E-state index contributed by atoms with van der Waals surface area (Å²) in [6, 6.07) is 15.1. The lowest BCUT2D eigenvalue weighted by molar-refractivity contribution is 0.312. The zero-order valence-corrected chi connectivity index (χ0v) is 18.3. The normalized spacial score (nSPS) is 18.9. The molecular weight excluding hydrogens is 372 g/mol. The summed E-state index contributed by atoms with van der Waals surface area (Å²) in [7, 11) is 2.17. The molecule has 0 atom stereocenters. The highest BCUT2D eigenvalue weighted by molar-refractivity contribution is 5.80. The number of hydrogen-bond acceptors (Lipinski definition) is 4. The van der Waals surface area contributed by atoms with E-state index in [0.717, 1.165) is 56.6 Å². The second-order valence-electron chi connectivity index (χ2n) is 8.51. The Morgan fingerprint density at radius 3 is 2.43 bits per heavy atom. The van der Waals surface area contributed by atoms with Crippen LogP contribution >= 0.6 is 0 Å². The third-order valence-electron chi connectivity index (χ3n) is 6.23. The van der Waals surface area contributed by atoms with Crippen LogP contribution in [0, 0.1) is 0 Å². The van der Waals surface area contributed by atoms with Crippen molar-refractivity contribution in [2.45, 2.75) is 31.7 Å². The number of likely N-dealkylation sites (N-methyl/N-ethyl adjacent to an activating group) is 1. The molecule has 0 bridgehead atoms. The molecule has 0 radical (unpaired) electrons. The molecule has 1 saturated heterocycles. The van der Waals surface area contributed by atoms with Gasteiger partial charge in [0.05, 0.1) is 6.54 Å². The lowest BCUT2D eigenvalue weighted by atomic mass is 9.96. The average Bonchev–Trinajstić information content (AvgIpc) is 3.58. The SMILES string of the molecule is CCNC(=NCc1ccc(N2CCN(C)CC2)nc1)NCC1(c2ccccc2)CC1. The molecule has 30 heavy (non-hydrogen) atoms. The molecule has 160 valence electrons. The lowest BCUT2D eigenvalue weighted by Gasteiger charge is -2.33. The molecule has 2 aromatic rings. The van der Waals surface area contributed by atoms with Crippen molar-refractivity contribution in [1.82, 2.24) is 20.5 Å². The van der Waals surface area contributed by atoms with Crippen molar-refractivity contribution in [1.29, 1.82) is 0 Å². The number of aromatic nitrogens is 1. The van der Waals surface area contributed by atoms with Gasteiger partial charge in [-0.1, -0.05) is 36.4 Å². The van der Waals surface area contributed by atoms with Gasteiger partial charge in [-0.3, -0.25) is 0 Å². The Morgan fingerprint density at radius 1 is 1.03 bits per heavy atom. The molecule has 1 aromatic heterocycles. The Morgan fingerprint density at radius 2 is 1.80 bits per heavy atom. The van der Waals surface area contributed by atoms with Gasteiger partial charge in [0, 0.05) is 50.9 Å². The maximum absolute atomic E-state index is 4.79. The van der Waals surface area contributed by atoms with Crippen LogP contribution in [-0.4, -0.2) is 62.2 Å². The number of hydrogen-bond donors (Lipinski definition) is 2. The van der Waals surface area contributed by atoms with E-state index in [9.17, 15) is 0 Å². The summed E-state index contributed by atoms with van der Waals surface area (Å²) in [5.41, 5.74) is 2.83. The third kappa shape index (κ3) is 5.11. The van der Waals surface area contributed by atoms with Gasteiger partial charge in [0.25, 0.3) is 0 Å². The number of nitrogens with zero attached hydrogens (tertiary/aromatic N) is 4. The highest BCUT2D eigenvalue weighted by atomic mass is 15.3. The minimum atomic E-state index is 0.267. The topological polar surface area (TPSA) is 55.8 Å². The summed E-state index contributed by atoms with van der Waals surface area (Å²) in [6.45, 7) is 8.77. The van der Waals surface area contributed by atoms with Crippen LogP contribution in [0.5, 0.6) is 0 Å². The number of pyridine rings is 1. The van der Waals surface area contributed by atoms with E-state index in [1.54, 1.807) is 0 Å². The van der Waals surface area contributed by atoms with E-state index in [4.69, 9.17) is 4.99 Å². The van der Waals surface area contributed by atoms with Crippen LogP contribution in [-0.2, 0) is 12.0 Å². The summed E-state index contributed by atoms with van der Waals surface area (Å²) in [5.74, 6) is 1.95. The molecule has 1 aromatic carbocycles. The van der Waals surface area contributed by atoms with Crippen LogP contribution in [0.2, 0.25) is 0 Å². The van der Waals surface area contributed by atoms with Crippen molar-refractivity contribution in [3.63, 3.8) is 0 Å². The van der Waals surface area contributed by atoms with Crippen molar-refractivity contribution < 1.29 is 0 Å². The number of anilines is 1. The standard InChI is InChI=1S/C24H34N6/c1-3-25-23(28-19-24(11-12-24)21-7-5-4-6-8-21)27-18-20-9-10-22(26-17-20)30-15-13-29(2)14-16-30/h4-10,17H,3,11-16,18-19H2,1-2H3,(H2,25,27,28). The summed E-state index contributed by atoms with van der Waals surface area (Å²) in [5, 5.41) is 6.94. The smallest absolute Gasteiger partial charge is 0.191 e. The molecule has 4 rings (SSSR count). The molecule has 1 aliphatic heterocycles. The van der Waals surface area contributed by atoms with Crippen molar-refractivity contribution in [2.24, 2.45) is 4.99 Å². The molecule has 6 nitrogen and oxygen atoms in total. The van der Waals surface area contributed by atoms with Gasteiger partial charge in [-0.25, -0.2) is 9.98 Å². The van der Waals surface area contributed by atoms with Gasteiger partial charge in [0.15, 0.2) is 5.96 Å². The van der Waals surface area contributed by atoms with Crippen LogP contribution in [0.3, 0.4) is 0 Å². The number of aliphatic imine (C=N–C) groups is 1. The molecule has 6 heteroatoms. The number of piperazine rings is 1. The number of benzene rings is 1. The maximum Gasteiger partial charge on any atom is 0.191 e. The minimum absolute atomic E-state index is 0.267. The highest BCUT2D eigenvalue weighted by Gasteiger charge is 2.43. The van der Waals surface area contributed by atoms with E-state index >= 15 is 0 Å². The Bertz CT molecular complexity index is 821. The second kappa shape index (κ2) is 9.47. The van der Waals surface area contributed by atoms with E-state index in [1.807, 2.05) is 6.20 Å². The summed E-state index contributed by atoms with van der Waals surface area (Å²) >= 11 is 0. The predicted octanol–water partition coefficient (Wildman–Crippen LogP) is 2.62. The van der Waals surface area contributed by atoms with Crippen LogP contribution in [0.1, 0.15) is 30.9 Å². The van der Waals surface area contributed by atoms with E-state index < -0.39 is 0 Å². The van der Waals surface area contributed by atoms with Gasteiger partial charge in [-0.05, 0) is 44.0 Å². The first kappa shape index (κ1) is 20.7. The molecule has 2 fully saturated rings.